The SMILES string of the molecule is COc1ccc(/C=C/C2CC2)c([C@@H](C)N)c1.Cl. The molecule has 0 unspecified atom stereocenters. The molecule has 0 heterocycles. The maximum Gasteiger partial charge on any atom is 0.119 e. The summed E-state index contributed by atoms with van der Waals surface area (Å²) in [5.74, 6) is 1.67. The Balaban J connectivity index is 0.00000144. The zero-order valence-electron chi connectivity index (χ0n) is 10.3. The molecule has 1 atom stereocenters. The van der Waals surface area contributed by atoms with E-state index < -0.39 is 0 Å². The lowest BCUT2D eigenvalue weighted by atomic mass is 10.0. The molecule has 1 aliphatic carbocycles. The van der Waals surface area contributed by atoms with Crippen molar-refractivity contribution in [3.05, 3.63) is 35.4 Å². The predicted molar refractivity (Wildman–Crippen MR) is 74.6 cm³/mol. The average molecular weight is 254 g/mol. The second-order valence-electron chi connectivity index (χ2n) is 4.48. The number of halogens is 1. The van der Waals surface area contributed by atoms with E-state index in [0.29, 0.717) is 0 Å². The Morgan fingerprint density at radius 3 is 2.65 bits per heavy atom. The highest BCUT2D eigenvalue weighted by molar-refractivity contribution is 5.85. The third kappa shape index (κ3) is 3.76. The molecular formula is C14H20ClNO. The van der Waals surface area contributed by atoms with Gasteiger partial charge in [-0.15, -0.1) is 12.4 Å². The normalized spacial score (nSPS) is 16.6. The van der Waals surface area contributed by atoms with Crippen LogP contribution in [0.15, 0.2) is 24.3 Å². The molecular weight excluding hydrogens is 234 g/mol. The molecule has 94 valence electrons. The van der Waals surface area contributed by atoms with Crippen molar-refractivity contribution >= 4 is 18.5 Å². The smallest absolute Gasteiger partial charge is 0.119 e. The molecule has 2 N–H and O–H groups in total. The van der Waals surface area contributed by atoms with Crippen molar-refractivity contribution in [3.63, 3.8) is 0 Å². The Kier molecular flexibility index (Phi) is 5.03. The topological polar surface area (TPSA) is 35.2 Å². The molecule has 0 bridgehead atoms. The second kappa shape index (κ2) is 6.08. The molecule has 1 aliphatic rings. The highest BCUT2D eigenvalue weighted by Crippen LogP contribution is 2.32. The van der Waals surface area contributed by atoms with E-state index in [1.165, 1.54) is 18.4 Å². The van der Waals surface area contributed by atoms with Crippen molar-refractivity contribution in [2.24, 2.45) is 11.7 Å². The zero-order valence-corrected chi connectivity index (χ0v) is 11.2. The summed E-state index contributed by atoms with van der Waals surface area (Å²) >= 11 is 0. The van der Waals surface area contributed by atoms with Gasteiger partial charge >= 0.3 is 0 Å². The quantitative estimate of drug-likeness (QED) is 0.891. The van der Waals surface area contributed by atoms with Crippen LogP contribution in [0.1, 0.15) is 36.9 Å². The van der Waals surface area contributed by atoms with Gasteiger partial charge < -0.3 is 10.5 Å². The van der Waals surface area contributed by atoms with Crippen LogP contribution < -0.4 is 10.5 Å². The molecule has 17 heavy (non-hydrogen) atoms. The van der Waals surface area contributed by atoms with Crippen LogP contribution >= 0.6 is 12.4 Å². The number of rotatable bonds is 4. The van der Waals surface area contributed by atoms with Gasteiger partial charge in [-0.3, -0.25) is 0 Å². The number of methoxy groups -OCH3 is 1. The Bertz CT molecular complexity index is 397. The van der Waals surface area contributed by atoms with E-state index in [1.807, 2.05) is 19.1 Å². The number of benzene rings is 1. The first-order chi connectivity index (χ1) is 7.70. The van der Waals surface area contributed by atoms with Crippen LogP contribution in [0.2, 0.25) is 0 Å². The van der Waals surface area contributed by atoms with E-state index in [1.54, 1.807) is 7.11 Å². The zero-order chi connectivity index (χ0) is 11.5. The summed E-state index contributed by atoms with van der Waals surface area (Å²) in [5, 5.41) is 0. The second-order valence-corrected chi connectivity index (χ2v) is 4.48. The van der Waals surface area contributed by atoms with Crippen molar-refractivity contribution in [1.82, 2.24) is 0 Å². The number of hydrogen-bond donors (Lipinski definition) is 1. The summed E-state index contributed by atoms with van der Waals surface area (Å²) in [6, 6.07) is 6.13. The van der Waals surface area contributed by atoms with Gasteiger partial charge in [-0.1, -0.05) is 18.2 Å². The Morgan fingerprint density at radius 2 is 2.12 bits per heavy atom. The maximum atomic E-state index is 5.97. The van der Waals surface area contributed by atoms with Gasteiger partial charge in [-0.25, -0.2) is 0 Å². The van der Waals surface area contributed by atoms with E-state index in [2.05, 4.69) is 18.2 Å². The predicted octanol–water partition coefficient (Wildman–Crippen LogP) is 3.56. The summed E-state index contributed by atoms with van der Waals surface area (Å²) in [7, 11) is 1.68. The van der Waals surface area contributed by atoms with Crippen LogP contribution in [0, 0.1) is 5.92 Å². The van der Waals surface area contributed by atoms with Crippen LogP contribution in [0.25, 0.3) is 6.08 Å². The summed E-state index contributed by atoms with van der Waals surface area (Å²) in [5.41, 5.74) is 8.33. The highest BCUT2D eigenvalue weighted by atomic mass is 35.5. The summed E-state index contributed by atoms with van der Waals surface area (Å²) in [6.45, 7) is 2.00. The van der Waals surface area contributed by atoms with Gasteiger partial charge in [-0.2, -0.15) is 0 Å². The van der Waals surface area contributed by atoms with Gasteiger partial charge in [0.25, 0.3) is 0 Å². The molecule has 3 heteroatoms. The monoisotopic (exact) mass is 253 g/mol. The minimum Gasteiger partial charge on any atom is -0.497 e. The van der Waals surface area contributed by atoms with Gasteiger partial charge in [0.15, 0.2) is 0 Å². The molecule has 0 aromatic heterocycles. The molecule has 1 aromatic carbocycles. The summed E-state index contributed by atoms with van der Waals surface area (Å²) in [6.07, 6.45) is 7.14. The minimum absolute atomic E-state index is 0. The molecule has 2 rings (SSSR count). The van der Waals surface area contributed by atoms with E-state index in [4.69, 9.17) is 10.5 Å². The first-order valence-corrected chi connectivity index (χ1v) is 5.82. The van der Waals surface area contributed by atoms with Crippen LogP contribution in [-0.4, -0.2) is 7.11 Å². The molecule has 1 fully saturated rings. The van der Waals surface area contributed by atoms with Gasteiger partial charge in [0.2, 0.25) is 0 Å². The van der Waals surface area contributed by atoms with E-state index in [9.17, 15) is 0 Å². The molecule has 1 aromatic rings. The molecule has 0 amide bonds. The first kappa shape index (κ1) is 14.1. The molecule has 0 saturated heterocycles. The van der Waals surface area contributed by atoms with E-state index in [0.717, 1.165) is 17.2 Å². The van der Waals surface area contributed by atoms with Crippen LogP contribution in [-0.2, 0) is 0 Å². The fourth-order valence-corrected chi connectivity index (χ4v) is 1.75. The van der Waals surface area contributed by atoms with Gasteiger partial charge in [0.05, 0.1) is 7.11 Å². The van der Waals surface area contributed by atoms with Gasteiger partial charge in [0, 0.05) is 6.04 Å². The molecule has 0 aliphatic heterocycles. The van der Waals surface area contributed by atoms with Crippen LogP contribution in [0.5, 0.6) is 5.75 Å². The van der Waals surface area contributed by atoms with Crippen LogP contribution in [0.3, 0.4) is 0 Å². The summed E-state index contributed by atoms with van der Waals surface area (Å²) < 4.78 is 5.22. The Hall–Kier alpha value is -0.990. The van der Waals surface area contributed by atoms with Crippen molar-refractivity contribution < 1.29 is 4.74 Å². The number of nitrogens with two attached hydrogens (primary N) is 1. The van der Waals surface area contributed by atoms with E-state index in [-0.39, 0.29) is 18.4 Å². The first-order valence-electron chi connectivity index (χ1n) is 5.82. The average Bonchev–Trinajstić information content (AvgIpc) is 3.09. The highest BCUT2D eigenvalue weighted by Gasteiger charge is 2.17. The van der Waals surface area contributed by atoms with Crippen molar-refractivity contribution in [2.45, 2.75) is 25.8 Å². The summed E-state index contributed by atoms with van der Waals surface area (Å²) in [4.78, 5) is 0. The third-order valence-corrected chi connectivity index (χ3v) is 2.95. The lowest BCUT2D eigenvalue weighted by molar-refractivity contribution is 0.414. The van der Waals surface area contributed by atoms with Crippen LogP contribution in [0.4, 0.5) is 0 Å². The van der Waals surface area contributed by atoms with E-state index >= 15 is 0 Å². The fourth-order valence-electron chi connectivity index (χ4n) is 1.75. The molecule has 1 saturated carbocycles. The largest absolute Gasteiger partial charge is 0.497 e. The van der Waals surface area contributed by atoms with Crippen molar-refractivity contribution in [2.75, 3.05) is 7.11 Å². The minimum atomic E-state index is 0. The molecule has 0 spiro atoms. The Morgan fingerprint density at radius 1 is 1.41 bits per heavy atom. The van der Waals surface area contributed by atoms with Gasteiger partial charge in [0.1, 0.15) is 5.75 Å². The van der Waals surface area contributed by atoms with Crippen molar-refractivity contribution in [1.29, 1.82) is 0 Å². The standard InChI is InChI=1S/C14H19NO.ClH/c1-10(15)14-9-13(16-2)8-7-12(14)6-5-11-3-4-11;/h5-11H,3-4,15H2,1-2H3;1H/b6-5+;/t10-;/m1./s1. The van der Waals surface area contributed by atoms with Crippen molar-refractivity contribution in [3.8, 4) is 5.75 Å². The maximum absolute atomic E-state index is 5.97. The third-order valence-electron chi connectivity index (χ3n) is 2.95. The fraction of sp³-hybridized carbons (Fsp3) is 0.429. The number of hydrogen-bond acceptors (Lipinski definition) is 2. The number of ether oxygens (including phenoxy) is 1. The molecule has 0 radical (unpaired) electrons. The number of allylic oxidation sites excluding steroid dienone is 1. The Labute approximate surface area is 109 Å². The molecule has 2 nitrogen and oxygen atoms in total. The lowest BCUT2D eigenvalue weighted by Gasteiger charge is -2.11. The lowest BCUT2D eigenvalue weighted by Crippen LogP contribution is -2.07. The van der Waals surface area contributed by atoms with Gasteiger partial charge in [-0.05, 0) is 48.9 Å².